The minimum Gasteiger partial charge on any atom is -0.756 e. The fraction of sp³-hybridized carbons (Fsp3) is 0.717. The Morgan fingerprint density at radius 1 is 0.516 bits per heavy atom. The van der Waals surface area contributed by atoms with Crippen molar-refractivity contribution < 1.29 is 37.3 Å². The summed E-state index contributed by atoms with van der Waals surface area (Å²) in [4.78, 5) is 25.1. The van der Waals surface area contributed by atoms with E-state index in [9.17, 15) is 14.3 Å². The first-order chi connectivity index (χ1) is 30.1. The molecule has 0 N–H and O–H groups in total. The van der Waals surface area contributed by atoms with Gasteiger partial charge in [0.1, 0.15) is 19.3 Å². The first-order valence-electron chi connectivity index (χ1n) is 24.8. The lowest BCUT2D eigenvalue weighted by Crippen LogP contribution is -2.37. The summed E-state index contributed by atoms with van der Waals surface area (Å²) in [6.07, 6.45) is 60.3. The van der Waals surface area contributed by atoms with Crippen LogP contribution in [0.25, 0.3) is 0 Å². The van der Waals surface area contributed by atoms with Crippen LogP contribution in [0.15, 0.2) is 85.1 Å². The maximum Gasteiger partial charge on any atom is 0.306 e. The van der Waals surface area contributed by atoms with E-state index in [0.717, 1.165) is 96.3 Å². The lowest BCUT2D eigenvalue weighted by molar-refractivity contribution is -0.870. The van der Waals surface area contributed by atoms with Gasteiger partial charge in [-0.3, -0.25) is 9.36 Å². The van der Waals surface area contributed by atoms with E-state index in [0.29, 0.717) is 24.1 Å². The number of nitrogens with zero attached hydrogens (tertiary/aromatic N) is 1. The van der Waals surface area contributed by atoms with Gasteiger partial charge >= 0.3 is 5.97 Å². The molecule has 0 aliphatic rings. The third-order valence-corrected chi connectivity index (χ3v) is 11.1. The first-order valence-corrected chi connectivity index (χ1v) is 26.3. The molecule has 0 saturated heterocycles. The summed E-state index contributed by atoms with van der Waals surface area (Å²) in [6, 6.07) is 0. The second-order valence-corrected chi connectivity index (χ2v) is 18.8. The quantitative estimate of drug-likeness (QED) is 0.0198. The number of phosphoric acid groups is 1. The predicted molar refractivity (Wildman–Crippen MR) is 263 cm³/mol. The van der Waals surface area contributed by atoms with Crippen LogP contribution in [-0.4, -0.2) is 70.7 Å². The largest absolute Gasteiger partial charge is 0.756 e. The van der Waals surface area contributed by atoms with E-state index in [1.54, 1.807) is 0 Å². The highest BCUT2D eigenvalue weighted by Crippen LogP contribution is 2.38. The number of carbonyl (C=O) groups is 1. The Morgan fingerprint density at radius 3 is 1.42 bits per heavy atom. The van der Waals surface area contributed by atoms with Gasteiger partial charge in [-0.15, -0.1) is 0 Å². The summed E-state index contributed by atoms with van der Waals surface area (Å²) in [5.41, 5.74) is 0. The summed E-state index contributed by atoms with van der Waals surface area (Å²) in [6.45, 7) is 5.22. The first kappa shape index (κ1) is 59.7. The van der Waals surface area contributed by atoms with Crippen molar-refractivity contribution in [2.24, 2.45) is 0 Å². The summed E-state index contributed by atoms with van der Waals surface area (Å²) < 4.78 is 34.7. The van der Waals surface area contributed by atoms with Crippen molar-refractivity contribution in [2.75, 3.05) is 54.1 Å². The van der Waals surface area contributed by atoms with Crippen molar-refractivity contribution in [3.63, 3.8) is 0 Å². The van der Waals surface area contributed by atoms with Crippen molar-refractivity contribution in [3.8, 4) is 0 Å². The van der Waals surface area contributed by atoms with Gasteiger partial charge in [0.2, 0.25) is 0 Å². The summed E-state index contributed by atoms with van der Waals surface area (Å²) in [5, 5.41) is 0. The minimum absolute atomic E-state index is 0.0160. The average molecular weight is 888 g/mol. The Kier molecular flexibility index (Phi) is 43.6. The fourth-order valence-corrected chi connectivity index (χ4v) is 7.10. The van der Waals surface area contributed by atoms with E-state index in [1.807, 2.05) is 21.1 Å². The Hall–Kier alpha value is -2.32. The fourth-order valence-electron chi connectivity index (χ4n) is 6.37. The van der Waals surface area contributed by atoms with Crippen LogP contribution in [0.1, 0.15) is 187 Å². The van der Waals surface area contributed by atoms with Crippen LogP contribution < -0.4 is 4.89 Å². The second-order valence-electron chi connectivity index (χ2n) is 17.4. The highest BCUT2D eigenvalue weighted by molar-refractivity contribution is 7.45. The van der Waals surface area contributed by atoms with Crippen LogP contribution >= 0.6 is 7.82 Å². The zero-order chi connectivity index (χ0) is 45.5. The van der Waals surface area contributed by atoms with Crippen LogP contribution in [0, 0.1) is 0 Å². The molecule has 9 heteroatoms. The Morgan fingerprint density at radius 2 is 0.935 bits per heavy atom. The number of allylic oxidation sites excluding steroid dienone is 14. The number of esters is 1. The van der Waals surface area contributed by atoms with E-state index in [-0.39, 0.29) is 25.8 Å². The SMILES string of the molecule is CC/C=C\C/C=C\C/C=C\C/C=C\C/C=C\C/C=C\CCCCCCCOCC(COP(=O)([O-])OCC[N+](C)(C)C)OC(=O)CCCCCCC/C=C\CCCCCCCCC. The zero-order valence-corrected chi connectivity index (χ0v) is 41.4. The summed E-state index contributed by atoms with van der Waals surface area (Å²) in [5.74, 6) is -0.353. The van der Waals surface area contributed by atoms with Crippen molar-refractivity contribution in [2.45, 2.75) is 193 Å². The van der Waals surface area contributed by atoms with E-state index >= 15 is 0 Å². The Bertz CT molecular complexity index is 1260. The third-order valence-electron chi connectivity index (χ3n) is 10.2. The van der Waals surface area contributed by atoms with Gasteiger partial charge in [0.05, 0.1) is 34.4 Å². The van der Waals surface area contributed by atoms with Crippen LogP contribution in [0.3, 0.4) is 0 Å². The number of hydrogen-bond donors (Lipinski definition) is 0. The number of ether oxygens (including phenoxy) is 2. The summed E-state index contributed by atoms with van der Waals surface area (Å²) in [7, 11) is 1.33. The number of phosphoric ester groups is 1. The molecular weight excluding hydrogens is 794 g/mol. The van der Waals surface area contributed by atoms with Gasteiger partial charge in [-0.25, -0.2) is 0 Å². The van der Waals surface area contributed by atoms with Gasteiger partial charge in [0.25, 0.3) is 7.82 Å². The molecule has 0 aromatic carbocycles. The molecule has 0 saturated carbocycles. The van der Waals surface area contributed by atoms with E-state index < -0.39 is 13.9 Å². The smallest absolute Gasteiger partial charge is 0.306 e. The monoisotopic (exact) mass is 888 g/mol. The minimum atomic E-state index is -4.54. The molecule has 0 aromatic heterocycles. The number of carbonyl (C=O) groups excluding carboxylic acids is 1. The van der Waals surface area contributed by atoms with Gasteiger partial charge in [-0.2, -0.15) is 0 Å². The summed E-state index contributed by atoms with van der Waals surface area (Å²) >= 11 is 0. The molecule has 0 spiro atoms. The molecule has 0 amide bonds. The highest BCUT2D eigenvalue weighted by atomic mass is 31.2. The Balaban J connectivity index is 4.24. The van der Waals surface area contributed by atoms with Gasteiger partial charge < -0.3 is 27.9 Å². The van der Waals surface area contributed by atoms with Crippen LogP contribution in [0.5, 0.6) is 0 Å². The molecule has 358 valence electrons. The molecule has 0 radical (unpaired) electrons. The van der Waals surface area contributed by atoms with Crippen LogP contribution in [0.2, 0.25) is 0 Å². The second kappa shape index (κ2) is 45.3. The predicted octanol–water partition coefficient (Wildman–Crippen LogP) is 14.6. The van der Waals surface area contributed by atoms with E-state index in [1.165, 1.54) is 70.6 Å². The standard InChI is InChI=1S/C53H94NO7P/c1-6-8-10-12-14-16-18-20-22-24-25-26-27-28-29-30-31-33-35-37-39-41-43-45-48-58-50-52(51-60-62(56,57)59-49-47-54(3,4)5)61-53(55)46-44-42-40-38-36-34-32-23-21-19-17-15-13-11-9-7-2/h8,10,14,16,20,22-23,25-26,28-29,31-33,52H,6-7,9,11-13,15,17-19,21,24,27,30,34-51H2,1-5H3/b10-8-,16-14-,22-20-,26-25-,29-28-,32-23-,33-31-. The topological polar surface area (TPSA) is 94.1 Å². The van der Waals surface area contributed by atoms with Crippen LogP contribution in [-0.2, 0) is 27.9 Å². The van der Waals surface area contributed by atoms with Crippen LogP contribution in [0.4, 0.5) is 0 Å². The molecule has 0 aliphatic carbocycles. The number of hydrogen-bond acceptors (Lipinski definition) is 7. The molecule has 62 heavy (non-hydrogen) atoms. The normalized spacial score (nSPS) is 14.4. The maximum absolute atomic E-state index is 12.7. The Labute approximate surface area is 382 Å². The van der Waals surface area contributed by atoms with E-state index in [4.69, 9.17) is 18.5 Å². The molecule has 2 atom stereocenters. The number of rotatable bonds is 45. The molecular formula is C53H94NO7P. The number of quaternary nitrogens is 1. The molecule has 0 rings (SSSR count). The van der Waals surface area contributed by atoms with Gasteiger partial charge in [-0.1, -0.05) is 176 Å². The molecule has 0 heterocycles. The highest BCUT2D eigenvalue weighted by Gasteiger charge is 2.20. The number of likely N-dealkylation sites (N-methyl/N-ethyl adjacent to an activating group) is 1. The molecule has 0 aliphatic heterocycles. The number of unbranched alkanes of at least 4 members (excludes halogenated alkanes) is 17. The van der Waals surface area contributed by atoms with Crippen molar-refractivity contribution >= 4 is 13.8 Å². The van der Waals surface area contributed by atoms with Crippen molar-refractivity contribution in [1.29, 1.82) is 0 Å². The molecule has 0 bridgehead atoms. The zero-order valence-electron chi connectivity index (χ0n) is 40.5. The van der Waals surface area contributed by atoms with Gasteiger partial charge in [0, 0.05) is 13.0 Å². The molecule has 0 fully saturated rings. The molecule has 0 aromatic rings. The van der Waals surface area contributed by atoms with Gasteiger partial charge in [-0.05, 0) is 89.9 Å². The average Bonchev–Trinajstić information content (AvgIpc) is 3.23. The van der Waals surface area contributed by atoms with E-state index in [2.05, 4.69) is 98.9 Å². The lowest BCUT2D eigenvalue weighted by Gasteiger charge is -2.28. The maximum atomic E-state index is 12.7. The lowest BCUT2D eigenvalue weighted by atomic mass is 10.1. The molecule has 2 unspecified atom stereocenters. The van der Waals surface area contributed by atoms with Gasteiger partial charge in [0.15, 0.2) is 0 Å². The third kappa shape index (κ3) is 48.7. The van der Waals surface area contributed by atoms with Crippen molar-refractivity contribution in [3.05, 3.63) is 85.1 Å². The van der Waals surface area contributed by atoms with Crippen molar-refractivity contribution in [1.82, 2.24) is 0 Å². The molecule has 8 nitrogen and oxygen atoms in total.